The van der Waals surface area contributed by atoms with Gasteiger partial charge in [-0.05, 0) is 19.1 Å². The Balaban J connectivity index is 3.10. The number of nitrogens with two attached hydrogens (primary N) is 1. The summed E-state index contributed by atoms with van der Waals surface area (Å²) in [6.45, 7) is 1.34. The van der Waals surface area contributed by atoms with Gasteiger partial charge >= 0.3 is 6.18 Å². The summed E-state index contributed by atoms with van der Waals surface area (Å²) in [5, 5.41) is 9.11. The van der Waals surface area contributed by atoms with Crippen LogP contribution in [-0.2, 0) is 6.18 Å². The lowest BCUT2D eigenvalue weighted by atomic mass is 10.0. The van der Waals surface area contributed by atoms with Crippen LogP contribution in [0.1, 0.15) is 24.1 Å². The van der Waals surface area contributed by atoms with Crippen molar-refractivity contribution in [3.8, 4) is 0 Å². The number of hydrogen-bond acceptors (Lipinski definition) is 2. The highest BCUT2D eigenvalue weighted by Gasteiger charge is 2.31. The molecule has 16 heavy (non-hydrogen) atoms. The minimum absolute atomic E-state index is 0.136. The van der Waals surface area contributed by atoms with Crippen LogP contribution in [0.2, 0.25) is 0 Å². The third-order valence-corrected chi connectivity index (χ3v) is 2.21. The van der Waals surface area contributed by atoms with Crippen molar-refractivity contribution >= 4 is 0 Å². The maximum absolute atomic E-state index is 13.3. The Kier molecular flexibility index (Phi) is 3.54. The third-order valence-electron chi connectivity index (χ3n) is 2.21. The highest BCUT2D eigenvalue weighted by molar-refractivity contribution is 5.28. The molecular formula is C10H11F4NO. The molecule has 1 rings (SSSR count). The molecule has 0 unspecified atom stereocenters. The van der Waals surface area contributed by atoms with Gasteiger partial charge in [-0.25, -0.2) is 4.39 Å². The van der Waals surface area contributed by atoms with E-state index in [0.29, 0.717) is 6.07 Å². The highest BCUT2D eigenvalue weighted by Crippen LogP contribution is 2.31. The molecule has 0 aliphatic heterocycles. The Morgan fingerprint density at radius 3 is 2.25 bits per heavy atom. The first kappa shape index (κ1) is 12.9. The van der Waals surface area contributed by atoms with Gasteiger partial charge in [0.1, 0.15) is 5.82 Å². The van der Waals surface area contributed by atoms with Crippen LogP contribution in [0.5, 0.6) is 0 Å². The standard InChI is InChI=1S/C10H11F4NO/c1-5(16)9(15)7-3-2-6(4-8(7)11)10(12,13)14/h2-5,9,16H,15H2,1H3/t5-,9+/m1/s1. The molecule has 0 amide bonds. The Hall–Kier alpha value is -1.14. The number of hydrogen-bond donors (Lipinski definition) is 2. The Labute approximate surface area is 89.7 Å². The van der Waals surface area contributed by atoms with E-state index < -0.39 is 29.7 Å². The number of halogens is 4. The smallest absolute Gasteiger partial charge is 0.391 e. The van der Waals surface area contributed by atoms with Crippen molar-refractivity contribution in [1.82, 2.24) is 0 Å². The molecule has 2 atom stereocenters. The average Bonchev–Trinajstić information content (AvgIpc) is 2.15. The molecule has 0 saturated carbocycles. The molecule has 0 heterocycles. The van der Waals surface area contributed by atoms with Crippen LogP contribution >= 0.6 is 0 Å². The highest BCUT2D eigenvalue weighted by atomic mass is 19.4. The summed E-state index contributed by atoms with van der Waals surface area (Å²) in [5.74, 6) is -1.07. The summed E-state index contributed by atoms with van der Waals surface area (Å²) < 4.78 is 49.9. The second kappa shape index (κ2) is 4.39. The minimum atomic E-state index is -4.59. The summed E-state index contributed by atoms with van der Waals surface area (Å²) >= 11 is 0. The van der Waals surface area contributed by atoms with Crippen molar-refractivity contribution in [2.75, 3.05) is 0 Å². The summed E-state index contributed by atoms with van der Waals surface area (Å²) in [7, 11) is 0. The molecule has 90 valence electrons. The fourth-order valence-corrected chi connectivity index (χ4v) is 1.23. The summed E-state index contributed by atoms with van der Waals surface area (Å²) in [5.41, 5.74) is 4.21. The maximum atomic E-state index is 13.3. The fraction of sp³-hybridized carbons (Fsp3) is 0.400. The Morgan fingerprint density at radius 2 is 1.88 bits per heavy atom. The van der Waals surface area contributed by atoms with Crippen molar-refractivity contribution < 1.29 is 22.7 Å². The molecule has 0 saturated heterocycles. The van der Waals surface area contributed by atoms with Gasteiger partial charge in [-0.2, -0.15) is 13.2 Å². The van der Waals surface area contributed by atoms with Gasteiger partial charge in [0.15, 0.2) is 0 Å². The van der Waals surface area contributed by atoms with Crippen LogP contribution in [0.4, 0.5) is 17.6 Å². The first-order chi connectivity index (χ1) is 7.23. The number of alkyl halides is 3. The number of rotatable bonds is 2. The summed E-state index contributed by atoms with van der Waals surface area (Å²) in [6.07, 6.45) is -5.62. The topological polar surface area (TPSA) is 46.2 Å². The van der Waals surface area contributed by atoms with Gasteiger partial charge in [-0.1, -0.05) is 6.07 Å². The number of benzene rings is 1. The van der Waals surface area contributed by atoms with Gasteiger partial charge in [0.25, 0.3) is 0 Å². The third kappa shape index (κ3) is 2.70. The molecule has 3 N–H and O–H groups in total. The lowest BCUT2D eigenvalue weighted by molar-refractivity contribution is -0.137. The summed E-state index contributed by atoms with van der Waals surface area (Å²) in [6, 6.07) is 1.01. The minimum Gasteiger partial charge on any atom is -0.391 e. The lowest BCUT2D eigenvalue weighted by Crippen LogP contribution is -2.24. The normalized spacial score (nSPS) is 15.9. The molecule has 0 aromatic heterocycles. The van der Waals surface area contributed by atoms with Crippen molar-refractivity contribution in [3.05, 3.63) is 35.1 Å². The zero-order valence-electron chi connectivity index (χ0n) is 8.42. The van der Waals surface area contributed by atoms with Gasteiger partial charge < -0.3 is 10.8 Å². The quantitative estimate of drug-likeness (QED) is 0.775. The molecule has 0 radical (unpaired) electrons. The SMILES string of the molecule is C[C@@H](O)[C@H](N)c1ccc(C(F)(F)F)cc1F. The van der Waals surface area contributed by atoms with E-state index in [4.69, 9.17) is 10.8 Å². The molecule has 6 heteroatoms. The van der Waals surface area contributed by atoms with E-state index in [9.17, 15) is 17.6 Å². The monoisotopic (exact) mass is 237 g/mol. The van der Waals surface area contributed by atoms with Crippen LogP contribution in [0.15, 0.2) is 18.2 Å². The Bertz CT molecular complexity index is 376. The summed E-state index contributed by atoms with van der Waals surface area (Å²) in [4.78, 5) is 0. The molecule has 0 spiro atoms. The predicted molar refractivity (Wildman–Crippen MR) is 50.0 cm³/mol. The van der Waals surface area contributed by atoms with Gasteiger partial charge in [-0.3, -0.25) is 0 Å². The maximum Gasteiger partial charge on any atom is 0.416 e. The van der Waals surface area contributed by atoms with Crippen LogP contribution in [0.25, 0.3) is 0 Å². The first-order valence-corrected chi connectivity index (χ1v) is 4.53. The fourth-order valence-electron chi connectivity index (χ4n) is 1.23. The van der Waals surface area contributed by atoms with Crippen LogP contribution < -0.4 is 5.73 Å². The van der Waals surface area contributed by atoms with E-state index >= 15 is 0 Å². The first-order valence-electron chi connectivity index (χ1n) is 4.53. The number of aliphatic hydroxyl groups is 1. The average molecular weight is 237 g/mol. The van der Waals surface area contributed by atoms with Crippen molar-refractivity contribution in [2.24, 2.45) is 5.73 Å². The zero-order chi connectivity index (χ0) is 12.5. The van der Waals surface area contributed by atoms with E-state index in [2.05, 4.69) is 0 Å². The van der Waals surface area contributed by atoms with E-state index in [0.717, 1.165) is 12.1 Å². The van der Waals surface area contributed by atoms with Gasteiger partial charge in [0.2, 0.25) is 0 Å². The molecular weight excluding hydrogens is 226 g/mol. The second-order valence-electron chi connectivity index (χ2n) is 3.50. The van der Waals surface area contributed by atoms with Gasteiger partial charge in [0.05, 0.1) is 17.7 Å². The second-order valence-corrected chi connectivity index (χ2v) is 3.50. The number of aliphatic hydroxyl groups excluding tert-OH is 1. The van der Waals surface area contributed by atoms with E-state index in [1.165, 1.54) is 6.92 Å². The zero-order valence-corrected chi connectivity index (χ0v) is 8.42. The van der Waals surface area contributed by atoms with Crippen molar-refractivity contribution in [1.29, 1.82) is 0 Å². The van der Waals surface area contributed by atoms with E-state index in [-0.39, 0.29) is 5.56 Å². The van der Waals surface area contributed by atoms with Crippen LogP contribution in [-0.4, -0.2) is 11.2 Å². The molecule has 0 bridgehead atoms. The predicted octanol–water partition coefficient (Wildman–Crippen LogP) is 2.23. The van der Waals surface area contributed by atoms with Crippen LogP contribution in [0.3, 0.4) is 0 Å². The molecule has 0 fully saturated rings. The molecule has 1 aromatic rings. The van der Waals surface area contributed by atoms with Crippen LogP contribution in [0, 0.1) is 5.82 Å². The van der Waals surface area contributed by atoms with Gasteiger partial charge in [-0.15, -0.1) is 0 Å². The van der Waals surface area contributed by atoms with Gasteiger partial charge in [0, 0.05) is 5.56 Å². The molecule has 0 aliphatic carbocycles. The largest absolute Gasteiger partial charge is 0.416 e. The van der Waals surface area contributed by atoms with Crippen molar-refractivity contribution in [3.63, 3.8) is 0 Å². The molecule has 1 aromatic carbocycles. The Morgan fingerprint density at radius 1 is 1.31 bits per heavy atom. The molecule has 0 aliphatic rings. The van der Waals surface area contributed by atoms with Crippen molar-refractivity contribution in [2.45, 2.75) is 25.2 Å². The van der Waals surface area contributed by atoms with E-state index in [1.807, 2.05) is 0 Å². The molecule has 2 nitrogen and oxygen atoms in total. The lowest BCUT2D eigenvalue weighted by Gasteiger charge is -2.17. The van der Waals surface area contributed by atoms with E-state index in [1.54, 1.807) is 0 Å².